The van der Waals surface area contributed by atoms with Crippen molar-refractivity contribution in [1.82, 2.24) is 0 Å². The van der Waals surface area contributed by atoms with Crippen molar-refractivity contribution in [3.63, 3.8) is 0 Å². The van der Waals surface area contributed by atoms with Gasteiger partial charge < -0.3 is 0 Å². The fraction of sp³-hybridized carbons (Fsp3) is 0.312. The van der Waals surface area contributed by atoms with Crippen molar-refractivity contribution in [3.05, 3.63) is 52.6 Å². The van der Waals surface area contributed by atoms with Crippen LogP contribution in [0.25, 0.3) is 5.57 Å². The molecule has 1 nitrogen and oxygen atoms in total. The van der Waals surface area contributed by atoms with Crippen LogP contribution in [-0.2, 0) is 0 Å². The fourth-order valence-electron chi connectivity index (χ4n) is 2.22. The Kier molecular flexibility index (Phi) is 3.28. The van der Waals surface area contributed by atoms with Crippen molar-refractivity contribution >= 4 is 11.4 Å². The number of allylic oxidation sites excluding steroid dienone is 4. The molecule has 0 saturated heterocycles. The smallest absolute Gasteiger partial charge is 0.159 e. The minimum Gasteiger partial charge on any atom is -0.295 e. The Balaban J connectivity index is 2.35. The highest BCUT2D eigenvalue weighted by Gasteiger charge is 2.11. The van der Waals surface area contributed by atoms with E-state index in [0.29, 0.717) is 0 Å². The zero-order valence-electron chi connectivity index (χ0n) is 10.7. The maximum atomic E-state index is 11.2. The van der Waals surface area contributed by atoms with E-state index in [-0.39, 0.29) is 5.78 Å². The number of carbonyl (C=O) groups is 1. The van der Waals surface area contributed by atoms with Gasteiger partial charge in [0.2, 0.25) is 0 Å². The Morgan fingerprint density at radius 2 is 1.76 bits per heavy atom. The minimum atomic E-state index is 0.123. The Hall–Kier alpha value is -1.63. The average Bonchev–Trinajstić information content (AvgIpc) is 2.33. The molecule has 0 aromatic heterocycles. The molecule has 0 atom stereocenters. The van der Waals surface area contributed by atoms with Crippen molar-refractivity contribution in [1.29, 1.82) is 0 Å². The van der Waals surface area contributed by atoms with Crippen LogP contribution in [0.4, 0.5) is 0 Å². The van der Waals surface area contributed by atoms with Gasteiger partial charge in [-0.3, -0.25) is 4.79 Å². The highest BCUT2D eigenvalue weighted by atomic mass is 16.1. The van der Waals surface area contributed by atoms with E-state index >= 15 is 0 Å². The highest BCUT2D eigenvalue weighted by molar-refractivity contribution is 5.94. The summed E-state index contributed by atoms with van der Waals surface area (Å²) in [5.74, 6) is 0.123. The molecule has 2 rings (SSSR count). The van der Waals surface area contributed by atoms with Crippen LogP contribution in [0.3, 0.4) is 0 Å². The first kappa shape index (κ1) is 11.8. The second-order valence-electron chi connectivity index (χ2n) is 4.70. The monoisotopic (exact) mass is 226 g/mol. The van der Waals surface area contributed by atoms with Crippen LogP contribution >= 0.6 is 0 Å². The Bertz CT molecular complexity index is 501. The molecular formula is C16H18O. The molecule has 0 radical (unpaired) electrons. The van der Waals surface area contributed by atoms with E-state index in [1.165, 1.54) is 28.7 Å². The summed E-state index contributed by atoms with van der Waals surface area (Å²) < 4.78 is 0. The second-order valence-corrected chi connectivity index (χ2v) is 4.70. The summed E-state index contributed by atoms with van der Waals surface area (Å²) in [5.41, 5.74) is 6.17. The minimum absolute atomic E-state index is 0.123. The maximum Gasteiger partial charge on any atom is 0.159 e. The lowest BCUT2D eigenvalue weighted by Crippen LogP contribution is -1.97. The predicted octanol–water partition coefficient (Wildman–Crippen LogP) is 4.40. The van der Waals surface area contributed by atoms with Crippen LogP contribution in [0.2, 0.25) is 0 Å². The van der Waals surface area contributed by atoms with Crippen molar-refractivity contribution in [2.24, 2.45) is 0 Å². The molecule has 17 heavy (non-hydrogen) atoms. The average molecular weight is 226 g/mol. The standard InChI is InChI=1S/C16H18O/c1-11-5-4-6-16(12(11)2)15-9-7-14(8-10-15)13(3)17/h6-10H,4-5H2,1-3H3. The number of benzene rings is 1. The lowest BCUT2D eigenvalue weighted by Gasteiger charge is -2.17. The van der Waals surface area contributed by atoms with Gasteiger partial charge in [0, 0.05) is 5.56 Å². The normalized spacial score (nSPS) is 15.8. The van der Waals surface area contributed by atoms with Gasteiger partial charge in [0.15, 0.2) is 5.78 Å². The molecule has 1 heteroatoms. The number of Topliss-reactive ketones (excluding diaryl/α,β-unsaturated/α-hetero) is 1. The van der Waals surface area contributed by atoms with Gasteiger partial charge in [-0.1, -0.05) is 35.9 Å². The third kappa shape index (κ3) is 2.38. The summed E-state index contributed by atoms with van der Waals surface area (Å²) in [5, 5.41) is 0. The van der Waals surface area contributed by atoms with E-state index in [0.717, 1.165) is 12.0 Å². The van der Waals surface area contributed by atoms with Gasteiger partial charge in [-0.25, -0.2) is 0 Å². The molecular weight excluding hydrogens is 208 g/mol. The van der Waals surface area contributed by atoms with Gasteiger partial charge in [-0.05, 0) is 50.3 Å². The molecule has 0 amide bonds. The van der Waals surface area contributed by atoms with E-state index in [1.54, 1.807) is 6.92 Å². The van der Waals surface area contributed by atoms with Crippen LogP contribution in [0.15, 0.2) is 41.5 Å². The molecule has 0 heterocycles. The third-order valence-electron chi connectivity index (χ3n) is 3.51. The molecule has 1 aromatic rings. The van der Waals surface area contributed by atoms with Gasteiger partial charge in [-0.2, -0.15) is 0 Å². The summed E-state index contributed by atoms with van der Waals surface area (Å²) in [6.07, 6.45) is 4.58. The Morgan fingerprint density at radius 3 is 2.35 bits per heavy atom. The molecule has 0 spiro atoms. The molecule has 0 aliphatic heterocycles. The molecule has 0 bridgehead atoms. The van der Waals surface area contributed by atoms with Gasteiger partial charge in [-0.15, -0.1) is 0 Å². The molecule has 0 saturated carbocycles. The zero-order chi connectivity index (χ0) is 12.4. The molecule has 88 valence electrons. The maximum absolute atomic E-state index is 11.2. The summed E-state index contributed by atoms with van der Waals surface area (Å²) in [6.45, 7) is 5.98. The van der Waals surface area contributed by atoms with E-state index in [2.05, 4.69) is 19.9 Å². The number of hydrogen-bond acceptors (Lipinski definition) is 1. The van der Waals surface area contributed by atoms with E-state index in [1.807, 2.05) is 24.3 Å². The Labute approximate surface area is 103 Å². The summed E-state index contributed by atoms with van der Waals surface area (Å²) in [7, 11) is 0. The third-order valence-corrected chi connectivity index (χ3v) is 3.51. The van der Waals surface area contributed by atoms with Crippen LogP contribution in [0.1, 0.15) is 49.5 Å². The van der Waals surface area contributed by atoms with Crippen molar-refractivity contribution in [3.8, 4) is 0 Å². The first-order chi connectivity index (χ1) is 8.09. The lowest BCUT2D eigenvalue weighted by molar-refractivity contribution is 0.101. The van der Waals surface area contributed by atoms with E-state index in [4.69, 9.17) is 0 Å². The van der Waals surface area contributed by atoms with Gasteiger partial charge >= 0.3 is 0 Å². The van der Waals surface area contributed by atoms with Gasteiger partial charge in [0.05, 0.1) is 0 Å². The largest absolute Gasteiger partial charge is 0.295 e. The van der Waals surface area contributed by atoms with E-state index in [9.17, 15) is 4.79 Å². The number of carbonyl (C=O) groups excluding carboxylic acids is 1. The van der Waals surface area contributed by atoms with Gasteiger partial charge in [0.1, 0.15) is 0 Å². The molecule has 1 aliphatic rings. The number of hydrogen-bond donors (Lipinski definition) is 0. The predicted molar refractivity (Wildman–Crippen MR) is 72.0 cm³/mol. The first-order valence-corrected chi connectivity index (χ1v) is 6.08. The number of rotatable bonds is 2. The SMILES string of the molecule is CC(=O)c1ccc(C2=CCCC(C)=C2C)cc1. The molecule has 1 aliphatic carbocycles. The Morgan fingerprint density at radius 1 is 1.12 bits per heavy atom. The summed E-state index contributed by atoms with van der Waals surface area (Å²) in [6, 6.07) is 7.92. The zero-order valence-corrected chi connectivity index (χ0v) is 10.7. The fourth-order valence-corrected chi connectivity index (χ4v) is 2.22. The van der Waals surface area contributed by atoms with E-state index < -0.39 is 0 Å². The quantitative estimate of drug-likeness (QED) is 0.683. The lowest BCUT2D eigenvalue weighted by atomic mass is 9.88. The van der Waals surface area contributed by atoms with Crippen LogP contribution < -0.4 is 0 Å². The molecule has 0 unspecified atom stereocenters. The second kappa shape index (κ2) is 4.70. The molecule has 0 fully saturated rings. The van der Waals surface area contributed by atoms with Crippen LogP contribution in [0.5, 0.6) is 0 Å². The molecule has 1 aromatic carbocycles. The van der Waals surface area contributed by atoms with Crippen molar-refractivity contribution in [2.45, 2.75) is 33.6 Å². The topological polar surface area (TPSA) is 17.1 Å². The summed E-state index contributed by atoms with van der Waals surface area (Å²) >= 11 is 0. The van der Waals surface area contributed by atoms with Gasteiger partial charge in [0.25, 0.3) is 0 Å². The van der Waals surface area contributed by atoms with Crippen LogP contribution in [0, 0.1) is 0 Å². The molecule has 0 N–H and O–H groups in total. The highest BCUT2D eigenvalue weighted by Crippen LogP contribution is 2.31. The first-order valence-electron chi connectivity index (χ1n) is 6.08. The van der Waals surface area contributed by atoms with Crippen molar-refractivity contribution < 1.29 is 4.79 Å². The summed E-state index contributed by atoms with van der Waals surface area (Å²) in [4.78, 5) is 11.2. The van der Waals surface area contributed by atoms with Crippen LogP contribution in [-0.4, -0.2) is 5.78 Å². The number of ketones is 1. The van der Waals surface area contributed by atoms with Crippen molar-refractivity contribution in [2.75, 3.05) is 0 Å².